The van der Waals surface area contributed by atoms with Crippen molar-refractivity contribution in [3.8, 4) is 0 Å². The van der Waals surface area contributed by atoms with Crippen molar-refractivity contribution in [3.63, 3.8) is 0 Å². The van der Waals surface area contributed by atoms with Crippen LogP contribution in [0.4, 0.5) is 0 Å². The molecule has 142 valence electrons. The molecule has 0 aliphatic carbocycles. The van der Waals surface area contributed by atoms with Crippen molar-refractivity contribution in [2.75, 3.05) is 13.1 Å². The van der Waals surface area contributed by atoms with Crippen molar-refractivity contribution < 1.29 is 14.4 Å². The largest absolute Gasteiger partial charge is 0.358 e. The summed E-state index contributed by atoms with van der Waals surface area (Å²) in [5.74, 6) is -0.308. The summed E-state index contributed by atoms with van der Waals surface area (Å²) in [7, 11) is 0. The highest BCUT2D eigenvalue weighted by atomic mass is 16.2. The Bertz CT molecular complexity index is 938. The number of nitrogens with one attached hydrogen (secondary N) is 3. The van der Waals surface area contributed by atoms with Crippen molar-refractivity contribution in [2.24, 2.45) is 0 Å². The Hall–Kier alpha value is -2.83. The lowest BCUT2D eigenvalue weighted by atomic mass is 10.0. The molecule has 1 aromatic carbocycles. The van der Waals surface area contributed by atoms with Crippen LogP contribution in [-0.4, -0.2) is 52.8 Å². The van der Waals surface area contributed by atoms with Gasteiger partial charge in [0.05, 0.1) is 13.0 Å². The van der Waals surface area contributed by atoms with Gasteiger partial charge in [0, 0.05) is 29.2 Å². The Morgan fingerprint density at radius 1 is 1.22 bits per heavy atom. The van der Waals surface area contributed by atoms with E-state index in [9.17, 15) is 14.4 Å². The van der Waals surface area contributed by atoms with Crippen LogP contribution in [0.25, 0.3) is 10.9 Å². The van der Waals surface area contributed by atoms with E-state index < -0.39 is 6.04 Å². The van der Waals surface area contributed by atoms with E-state index in [0.717, 1.165) is 33.3 Å². The highest BCUT2D eigenvalue weighted by Gasteiger charge is 2.42. The van der Waals surface area contributed by atoms with Gasteiger partial charge >= 0.3 is 0 Å². The zero-order valence-electron chi connectivity index (χ0n) is 15.8. The molecule has 0 unspecified atom stereocenters. The van der Waals surface area contributed by atoms with Gasteiger partial charge in [-0.25, -0.2) is 0 Å². The number of nitrogens with zero attached hydrogens (tertiary/aromatic N) is 1. The summed E-state index contributed by atoms with van der Waals surface area (Å²) in [5.41, 5.74) is 5.38. The SMILES string of the molecule is Cc1[nH]c2c(C)ccc(C)c2c1CC(=O)N[C@@H]1C[C@H]2C(=O)NCC(=O)N2C1. The van der Waals surface area contributed by atoms with E-state index in [4.69, 9.17) is 0 Å². The first-order chi connectivity index (χ1) is 12.8. The average Bonchev–Trinajstić information content (AvgIpc) is 3.18. The summed E-state index contributed by atoms with van der Waals surface area (Å²) in [6, 6.07) is 3.50. The van der Waals surface area contributed by atoms with Crippen LogP contribution in [0.2, 0.25) is 0 Å². The molecule has 2 fully saturated rings. The second kappa shape index (κ2) is 6.40. The second-order valence-electron chi connectivity index (χ2n) is 7.63. The molecule has 3 N–H and O–H groups in total. The molecule has 0 bridgehead atoms. The molecule has 7 nitrogen and oxygen atoms in total. The monoisotopic (exact) mass is 368 g/mol. The Kier molecular flexibility index (Phi) is 4.17. The fraction of sp³-hybridized carbons (Fsp3) is 0.450. The average molecular weight is 368 g/mol. The zero-order valence-corrected chi connectivity index (χ0v) is 15.8. The minimum absolute atomic E-state index is 0.0448. The first-order valence-electron chi connectivity index (χ1n) is 9.29. The minimum atomic E-state index is -0.462. The van der Waals surface area contributed by atoms with E-state index in [-0.39, 0.29) is 36.7 Å². The van der Waals surface area contributed by atoms with Gasteiger partial charge in [-0.15, -0.1) is 0 Å². The molecular formula is C20H24N4O3. The number of aromatic amines is 1. The molecular weight excluding hydrogens is 344 g/mol. The Morgan fingerprint density at radius 3 is 2.70 bits per heavy atom. The minimum Gasteiger partial charge on any atom is -0.358 e. The van der Waals surface area contributed by atoms with Crippen molar-refractivity contribution >= 4 is 28.6 Å². The highest BCUT2D eigenvalue weighted by Crippen LogP contribution is 2.28. The molecule has 2 atom stereocenters. The van der Waals surface area contributed by atoms with Gasteiger partial charge in [-0.1, -0.05) is 12.1 Å². The van der Waals surface area contributed by atoms with Gasteiger partial charge in [0.1, 0.15) is 6.04 Å². The maximum atomic E-state index is 12.7. The van der Waals surface area contributed by atoms with Gasteiger partial charge in [0.2, 0.25) is 17.7 Å². The van der Waals surface area contributed by atoms with E-state index in [2.05, 4.69) is 41.6 Å². The molecule has 2 aromatic rings. The molecule has 3 heterocycles. The van der Waals surface area contributed by atoms with Crippen LogP contribution in [0.15, 0.2) is 12.1 Å². The lowest BCUT2D eigenvalue weighted by Crippen LogP contribution is -2.55. The fourth-order valence-corrected chi connectivity index (χ4v) is 4.32. The summed E-state index contributed by atoms with van der Waals surface area (Å²) >= 11 is 0. The predicted molar refractivity (Wildman–Crippen MR) is 101 cm³/mol. The molecule has 3 amide bonds. The van der Waals surface area contributed by atoms with Crippen molar-refractivity contribution in [2.45, 2.75) is 45.7 Å². The smallest absolute Gasteiger partial charge is 0.243 e. The third kappa shape index (κ3) is 2.97. The summed E-state index contributed by atoms with van der Waals surface area (Å²) in [4.78, 5) is 41.6. The molecule has 2 saturated heterocycles. The van der Waals surface area contributed by atoms with Crippen molar-refractivity contribution in [1.29, 1.82) is 0 Å². The fourth-order valence-electron chi connectivity index (χ4n) is 4.32. The van der Waals surface area contributed by atoms with Gasteiger partial charge in [-0.3, -0.25) is 14.4 Å². The number of H-pyrrole nitrogens is 1. The van der Waals surface area contributed by atoms with Crippen LogP contribution < -0.4 is 10.6 Å². The number of rotatable bonds is 3. The lowest BCUT2D eigenvalue weighted by Gasteiger charge is -2.28. The van der Waals surface area contributed by atoms with Crippen molar-refractivity contribution in [1.82, 2.24) is 20.5 Å². The molecule has 2 aliphatic heterocycles. The van der Waals surface area contributed by atoms with E-state index in [0.29, 0.717) is 13.0 Å². The van der Waals surface area contributed by atoms with E-state index in [1.807, 2.05) is 6.92 Å². The number of carbonyl (C=O) groups excluding carboxylic acids is 3. The summed E-state index contributed by atoms with van der Waals surface area (Å²) in [5, 5.41) is 6.73. The molecule has 0 spiro atoms. The topological polar surface area (TPSA) is 94.3 Å². The second-order valence-corrected chi connectivity index (χ2v) is 7.63. The zero-order chi connectivity index (χ0) is 19.3. The molecule has 0 saturated carbocycles. The lowest BCUT2D eigenvalue weighted by molar-refractivity contribution is -0.143. The maximum absolute atomic E-state index is 12.7. The van der Waals surface area contributed by atoms with Crippen LogP contribution in [0.3, 0.4) is 0 Å². The Balaban J connectivity index is 1.50. The van der Waals surface area contributed by atoms with Gasteiger partial charge in [-0.2, -0.15) is 0 Å². The van der Waals surface area contributed by atoms with E-state index >= 15 is 0 Å². The van der Waals surface area contributed by atoms with E-state index in [1.165, 1.54) is 0 Å². The summed E-state index contributed by atoms with van der Waals surface area (Å²) < 4.78 is 0. The first kappa shape index (κ1) is 17.6. The third-order valence-corrected chi connectivity index (χ3v) is 5.73. The number of hydrogen-bond acceptors (Lipinski definition) is 3. The number of aryl methyl sites for hydroxylation is 3. The number of benzene rings is 1. The van der Waals surface area contributed by atoms with Gasteiger partial charge in [0.25, 0.3) is 0 Å². The Labute approximate surface area is 157 Å². The number of fused-ring (bicyclic) bond motifs is 2. The molecule has 7 heteroatoms. The molecule has 27 heavy (non-hydrogen) atoms. The van der Waals surface area contributed by atoms with Crippen LogP contribution in [0.1, 0.15) is 28.8 Å². The quantitative estimate of drug-likeness (QED) is 0.750. The van der Waals surface area contributed by atoms with Gasteiger partial charge in [-0.05, 0) is 43.9 Å². The number of carbonyl (C=O) groups is 3. The van der Waals surface area contributed by atoms with Crippen LogP contribution in [0, 0.1) is 20.8 Å². The van der Waals surface area contributed by atoms with Gasteiger partial charge < -0.3 is 20.5 Å². The third-order valence-electron chi connectivity index (χ3n) is 5.73. The maximum Gasteiger partial charge on any atom is 0.243 e. The first-order valence-corrected chi connectivity index (χ1v) is 9.29. The van der Waals surface area contributed by atoms with Crippen molar-refractivity contribution in [3.05, 3.63) is 34.5 Å². The molecule has 0 radical (unpaired) electrons. The summed E-state index contributed by atoms with van der Waals surface area (Å²) in [6.45, 7) is 6.53. The van der Waals surface area contributed by atoms with Crippen LogP contribution in [0.5, 0.6) is 0 Å². The summed E-state index contributed by atoms with van der Waals surface area (Å²) in [6.07, 6.45) is 0.742. The highest BCUT2D eigenvalue weighted by molar-refractivity contribution is 5.96. The molecule has 2 aliphatic rings. The number of aromatic nitrogens is 1. The number of piperazine rings is 1. The molecule has 1 aromatic heterocycles. The normalized spacial score (nSPS) is 22.1. The standard InChI is InChI=1S/C20H24N4O3/c1-10-4-5-11(2)19-18(10)14(12(3)22-19)7-16(25)23-13-6-15-20(27)21-8-17(26)24(15)9-13/h4-5,13,15,22H,6-9H2,1-3H3,(H,21,27)(H,23,25)/t13-,15+/m1/s1. The predicted octanol–water partition coefficient (Wildman–Crippen LogP) is 0.851. The molecule has 4 rings (SSSR count). The number of amides is 3. The van der Waals surface area contributed by atoms with Gasteiger partial charge in [0.15, 0.2) is 0 Å². The Morgan fingerprint density at radius 2 is 1.96 bits per heavy atom. The number of hydrogen-bond donors (Lipinski definition) is 3. The van der Waals surface area contributed by atoms with Crippen LogP contribution in [-0.2, 0) is 20.8 Å². The van der Waals surface area contributed by atoms with Crippen LogP contribution >= 0.6 is 0 Å². The van der Waals surface area contributed by atoms with E-state index in [1.54, 1.807) is 4.90 Å².